The van der Waals surface area contributed by atoms with E-state index < -0.39 is 0 Å². The van der Waals surface area contributed by atoms with Gasteiger partial charge in [-0.2, -0.15) is 5.26 Å². The van der Waals surface area contributed by atoms with Gasteiger partial charge in [-0.3, -0.25) is 4.79 Å². The predicted molar refractivity (Wildman–Crippen MR) is 82.4 cm³/mol. The van der Waals surface area contributed by atoms with Gasteiger partial charge in [0.15, 0.2) is 5.13 Å². The topological polar surface area (TPSA) is 78.7 Å². The molecule has 2 heterocycles. The molecule has 0 saturated carbocycles. The van der Waals surface area contributed by atoms with Gasteiger partial charge < -0.3 is 5.32 Å². The lowest BCUT2D eigenvalue weighted by molar-refractivity contribution is -0.113. The first-order valence-corrected chi connectivity index (χ1v) is 8.38. The third-order valence-corrected chi connectivity index (χ3v) is 4.83. The van der Waals surface area contributed by atoms with Crippen molar-refractivity contribution in [2.45, 2.75) is 24.3 Å². The Morgan fingerprint density at radius 2 is 2.43 bits per heavy atom. The number of carbonyl (C=O) groups is 1. The van der Waals surface area contributed by atoms with Gasteiger partial charge in [-0.25, -0.2) is 9.97 Å². The quantitative estimate of drug-likeness (QED) is 0.877. The number of hydrogen-bond acceptors (Lipinski definition) is 6. The van der Waals surface area contributed by atoms with Crippen LogP contribution in [0.2, 0.25) is 0 Å². The van der Waals surface area contributed by atoms with E-state index in [1.54, 1.807) is 11.6 Å². The van der Waals surface area contributed by atoms with Crippen molar-refractivity contribution in [1.29, 1.82) is 5.26 Å². The van der Waals surface area contributed by atoms with E-state index in [4.69, 9.17) is 0 Å². The van der Waals surface area contributed by atoms with E-state index in [0.717, 1.165) is 25.0 Å². The molecule has 0 unspecified atom stereocenters. The molecule has 2 aromatic rings. The van der Waals surface area contributed by atoms with Crippen molar-refractivity contribution in [3.05, 3.63) is 34.5 Å². The van der Waals surface area contributed by atoms with Gasteiger partial charge in [-0.1, -0.05) is 11.8 Å². The zero-order valence-corrected chi connectivity index (χ0v) is 12.8. The normalized spacial score (nSPS) is 12.7. The van der Waals surface area contributed by atoms with Crippen LogP contribution in [0.3, 0.4) is 0 Å². The van der Waals surface area contributed by atoms with Crippen molar-refractivity contribution in [1.82, 2.24) is 9.97 Å². The first kappa shape index (κ1) is 14.0. The average molecular weight is 316 g/mol. The summed E-state index contributed by atoms with van der Waals surface area (Å²) in [7, 11) is 0. The summed E-state index contributed by atoms with van der Waals surface area (Å²) in [4.78, 5) is 20.4. The fraction of sp³-hybridized carbons (Fsp3) is 0.286. The Morgan fingerprint density at radius 3 is 3.19 bits per heavy atom. The third kappa shape index (κ3) is 3.23. The van der Waals surface area contributed by atoms with Crippen LogP contribution in [0, 0.1) is 11.3 Å². The monoisotopic (exact) mass is 316 g/mol. The molecule has 0 saturated heterocycles. The molecule has 0 fully saturated rings. The lowest BCUT2D eigenvalue weighted by atomic mass is 10.2. The molecule has 0 radical (unpaired) electrons. The number of carbonyl (C=O) groups excluding carboxylic acids is 1. The maximum absolute atomic E-state index is 11.8. The number of thioether (sulfide) groups is 1. The van der Waals surface area contributed by atoms with E-state index in [9.17, 15) is 10.1 Å². The highest BCUT2D eigenvalue weighted by molar-refractivity contribution is 8.00. The van der Waals surface area contributed by atoms with Gasteiger partial charge >= 0.3 is 0 Å². The molecule has 106 valence electrons. The highest BCUT2D eigenvalue weighted by Gasteiger charge is 2.17. The van der Waals surface area contributed by atoms with Crippen LogP contribution in [0.1, 0.15) is 23.2 Å². The van der Waals surface area contributed by atoms with Crippen molar-refractivity contribution in [3.63, 3.8) is 0 Å². The van der Waals surface area contributed by atoms with Crippen LogP contribution < -0.4 is 5.32 Å². The summed E-state index contributed by atoms with van der Waals surface area (Å²) in [6.45, 7) is 0. The molecule has 7 heteroatoms. The summed E-state index contributed by atoms with van der Waals surface area (Å²) in [5, 5.41) is 15.0. The highest BCUT2D eigenvalue weighted by atomic mass is 32.2. The molecule has 3 rings (SSSR count). The second kappa shape index (κ2) is 6.24. The summed E-state index contributed by atoms with van der Waals surface area (Å²) in [5.74, 6) is 0.0844. The van der Waals surface area contributed by atoms with Gasteiger partial charge in [-0.15, -0.1) is 11.3 Å². The van der Waals surface area contributed by atoms with Gasteiger partial charge in [0, 0.05) is 17.3 Å². The van der Waals surface area contributed by atoms with Gasteiger partial charge in [0.1, 0.15) is 11.1 Å². The second-order valence-corrected chi connectivity index (χ2v) is 6.44. The molecule has 0 atom stereocenters. The fourth-order valence-electron chi connectivity index (χ4n) is 2.22. The van der Waals surface area contributed by atoms with Crippen LogP contribution in [0.25, 0.3) is 0 Å². The van der Waals surface area contributed by atoms with Crippen molar-refractivity contribution in [2.75, 3.05) is 11.1 Å². The highest BCUT2D eigenvalue weighted by Crippen LogP contribution is 2.27. The molecule has 0 spiro atoms. The molecule has 1 amide bonds. The Labute approximate surface area is 130 Å². The zero-order chi connectivity index (χ0) is 14.7. The van der Waals surface area contributed by atoms with E-state index in [-0.39, 0.29) is 11.7 Å². The summed E-state index contributed by atoms with van der Waals surface area (Å²) >= 11 is 2.68. The van der Waals surface area contributed by atoms with E-state index in [2.05, 4.69) is 21.4 Å². The number of anilines is 1. The molecule has 0 aromatic carbocycles. The number of aryl methyl sites for hydroxylation is 2. The summed E-state index contributed by atoms with van der Waals surface area (Å²) < 4.78 is 0. The Kier molecular flexibility index (Phi) is 4.18. The molecule has 1 aliphatic rings. The first-order valence-electron chi connectivity index (χ1n) is 6.51. The number of fused-ring (bicyclic) bond motifs is 1. The molecule has 2 aromatic heterocycles. The Bertz CT molecular complexity index is 707. The van der Waals surface area contributed by atoms with Crippen LogP contribution in [0.5, 0.6) is 0 Å². The second-order valence-electron chi connectivity index (χ2n) is 4.59. The van der Waals surface area contributed by atoms with Gasteiger partial charge in [0.25, 0.3) is 0 Å². The number of hydrogen-bond donors (Lipinski definition) is 1. The summed E-state index contributed by atoms with van der Waals surface area (Å²) in [6, 6.07) is 4.08. The maximum atomic E-state index is 11.8. The number of nitrogens with one attached hydrogen (secondary N) is 1. The number of aromatic nitrogens is 2. The number of nitrogens with zero attached hydrogens (tertiary/aromatic N) is 3. The van der Waals surface area contributed by atoms with Crippen molar-refractivity contribution in [2.24, 2.45) is 0 Å². The fourth-order valence-corrected chi connectivity index (χ4v) is 3.54. The van der Waals surface area contributed by atoms with E-state index in [1.807, 2.05) is 6.07 Å². The third-order valence-electron chi connectivity index (χ3n) is 3.15. The largest absolute Gasteiger partial charge is 0.301 e. The number of amides is 1. The maximum Gasteiger partial charge on any atom is 0.236 e. The lowest BCUT2D eigenvalue weighted by Crippen LogP contribution is -2.14. The smallest absolute Gasteiger partial charge is 0.236 e. The zero-order valence-electron chi connectivity index (χ0n) is 11.1. The molecule has 1 aliphatic carbocycles. The Hall–Kier alpha value is -1.91. The van der Waals surface area contributed by atoms with E-state index in [1.165, 1.54) is 28.7 Å². The number of pyridine rings is 1. The molecule has 1 N–H and O–H groups in total. The van der Waals surface area contributed by atoms with Crippen LogP contribution >= 0.6 is 23.1 Å². The van der Waals surface area contributed by atoms with Gasteiger partial charge in [-0.05, 0) is 30.9 Å². The Morgan fingerprint density at radius 1 is 1.52 bits per heavy atom. The number of thiazole rings is 1. The standard InChI is InChI=1S/C14H12N4OS2/c15-7-10-6-9-2-1-3-11(9)17-13(10)21-8-12(19)18-14-16-4-5-20-14/h4-6H,1-3,8H2,(H,16,18,19). The summed E-state index contributed by atoms with van der Waals surface area (Å²) in [5.41, 5.74) is 2.79. The minimum Gasteiger partial charge on any atom is -0.301 e. The minimum atomic E-state index is -0.138. The molecular weight excluding hydrogens is 304 g/mol. The van der Waals surface area contributed by atoms with Gasteiger partial charge in [0.2, 0.25) is 5.91 Å². The first-order chi connectivity index (χ1) is 10.3. The van der Waals surface area contributed by atoms with Crippen molar-refractivity contribution >= 4 is 34.1 Å². The van der Waals surface area contributed by atoms with Crippen molar-refractivity contribution < 1.29 is 4.79 Å². The van der Waals surface area contributed by atoms with E-state index >= 15 is 0 Å². The molecular formula is C14H12N4OS2. The van der Waals surface area contributed by atoms with Crippen LogP contribution in [-0.2, 0) is 17.6 Å². The van der Waals surface area contributed by atoms with Gasteiger partial charge in [0.05, 0.1) is 11.3 Å². The van der Waals surface area contributed by atoms with Crippen LogP contribution in [-0.4, -0.2) is 21.6 Å². The van der Waals surface area contributed by atoms with Crippen LogP contribution in [0.15, 0.2) is 22.7 Å². The lowest BCUT2D eigenvalue weighted by Gasteiger charge is -2.06. The van der Waals surface area contributed by atoms with Crippen molar-refractivity contribution in [3.8, 4) is 6.07 Å². The molecule has 5 nitrogen and oxygen atoms in total. The average Bonchev–Trinajstić information content (AvgIpc) is 3.14. The minimum absolute atomic E-state index is 0.138. The SMILES string of the molecule is N#Cc1cc2c(nc1SCC(=O)Nc1nccs1)CCC2. The number of nitriles is 1. The Balaban J connectivity index is 1.67. The predicted octanol–water partition coefficient (Wildman–Crippen LogP) is 2.63. The molecule has 0 aliphatic heterocycles. The van der Waals surface area contributed by atoms with E-state index in [0.29, 0.717) is 15.7 Å². The van der Waals surface area contributed by atoms with Crippen LogP contribution in [0.4, 0.5) is 5.13 Å². The summed E-state index contributed by atoms with van der Waals surface area (Å²) in [6.07, 6.45) is 4.68. The molecule has 21 heavy (non-hydrogen) atoms. The molecule has 0 bridgehead atoms. The number of rotatable bonds is 4.